The summed E-state index contributed by atoms with van der Waals surface area (Å²) in [5, 5.41) is 7.88. The van der Waals surface area contributed by atoms with Crippen LogP contribution in [0.3, 0.4) is 0 Å². The Balaban J connectivity index is 2.02. The molecular weight excluding hydrogens is 283 g/mol. The fourth-order valence-corrected chi connectivity index (χ4v) is 1.88. The van der Waals surface area contributed by atoms with Crippen molar-refractivity contribution < 1.29 is 17.9 Å². The Kier molecular flexibility index (Phi) is 4.95. The lowest BCUT2D eigenvalue weighted by Crippen LogP contribution is -2.07. The lowest BCUT2D eigenvalue weighted by Gasteiger charge is -2.08. The molecule has 0 aliphatic heterocycles. The van der Waals surface area contributed by atoms with Gasteiger partial charge in [-0.25, -0.2) is 4.68 Å². The van der Waals surface area contributed by atoms with E-state index in [2.05, 4.69) is 10.3 Å². The van der Waals surface area contributed by atoms with Crippen LogP contribution < -0.4 is 0 Å². The van der Waals surface area contributed by atoms with Gasteiger partial charge < -0.3 is 4.74 Å². The molecule has 4 nitrogen and oxygen atoms in total. The molecule has 0 amide bonds. The molecule has 0 saturated heterocycles. The minimum Gasteiger partial charge on any atom is -0.381 e. The molecule has 2 rings (SSSR count). The van der Waals surface area contributed by atoms with Crippen molar-refractivity contribution in [3.63, 3.8) is 0 Å². The smallest absolute Gasteiger partial charge is 0.381 e. The van der Waals surface area contributed by atoms with E-state index in [0.29, 0.717) is 25.2 Å². The maximum atomic E-state index is 12.6. The highest BCUT2D eigenvalue weighted by Gasteiger charge is 2.30. The Morgan fingerprint density at radius 3 is 2.81 bits per heavy atom. The SMILES string of the molecule is CCOCCc1cn(Cc2cccc(C(F)(F)F)c2)nn1. The molecule has 0 N–H and O–H groups in total. The zero-order valence-corrected chi connectivity index (χ0v) is 11.6. The van der Waals surface area contributed by atoms with Crippen LogP contribution >= 0.6 is 0 Å². The van der Waals surface area contributed by atoms with E-state index < -0.39 is 11.7 Å². The summed E-state index contributed by atoms with van der Waals surface area (Å²) in [6.45, 7) is 3.35. The number of aromatic nitrogens is 3. The van der Waals surface area contributed by atoms with Crippen LogP contribution in [0, 0.1) is 0 Å². The number of rotatable bonds is 6. The summed E-state index contributed by atoms with van der Waals surface area (Å²) in [7, 11) is 0. The van der Waals surface area contributed by atoms with Crippen molar-refractivity contribution in [1.82, 2.24) is 15.0 Å². The summed E-state index contributed by atoms with van der Waals surface area (Å²) >= 11 is 0. The van der Waals surface area contributed by atoms with Gasteiger partial charge in [-0.3, -0.25) is 0 Å². The van der Waals surface area contributed by atoms with Gasteiger partial charge in [-0.2, -0.15) is 13.2 Å². The Bertz CT molecular complexity index is 581. The van der Waals surface area contributed by atoms with Crippen molar-refractivity contribution in [2.45, 2.75) is 26.1 Å². The molecule has 0 fully saturated rings. The number of nitrogens with zero attached hydrogens (tertiary/aromatic N) is 3. The van der Waals surface area contributed by atoms with E-state index in [1.165, 1.54) is 10.7 Å². The lowest BCUT2D eigenvalue weighted by molar-refractivity contribution is -0.137. The molecule has 0 saturated carbocycles. The molecule has 0 aliphatic carbocycles. The van der Waals surface area contributed by atoms with Crippen molar-refractivity contribution in [2.75, 3.05) is 13.2 Å². The molecule has 0 radical (unpaired) electrons. The molecule has 0 aliphatic rings. The van der Waals surface area contributed by atoms with Gasteiger partial charge in [0.2, 0.25) is 0 Å². The molecule has 0 atom stereocenters. The van der Waals surface area contributed by atoms with Crippen molar-refractivity contribution >= 4 is 0 Å². The number of alkyl halides is 3. The third-order valence-electron chi connectivity index (χ3n) is 2.89. The van der Waals surface area contributed by atoms with Crippen LogP contribution in [0.2, 0.25) is 0 Å². The maximum Gasteiger partial charge on any atom is 0.416 e. The molecular formula is C14H16F3N3O. The quantitative estimate of drug-likeness (QED) is 0.770. The Hall–Kier alpha value is -1.89. The summed E-state index contributed by atoms with van der Waals surface area (Å²) < 4.78 is 44.6. The van der Waals surface area contributed by atoms with Crippen LogP contribution in [0.1, 0.15) is 23.7 Å². The third kappa shape index (κ3) is 4.56. The second-order valence-electron chi connectivity index (χ2n) is 4.55. The minimum absolute atomic E-state index is 0.256. The number of halogens is 3. The van der Waals surface area contributed by atoms with Gasteiger partial charge in [0.25, 0.3) is 0 Å². The summed E-state index contributed by atoms with van der Waals surface area (Å²) in [5.41, 5.74) is 0.637. The van der Waals surface area contributed by atoms with Gasteiger partial charge in [0.05, 0.1) is 24.4 Å². The van der Waals surface area contributed by atoms with Gasteiger partial charge >= 0.3 is 6.18 Å². The van der Waals surface area contributed by atoms with Crippen LogP contribution in [0.4, 0.5) is 13.2 Å². The molecule has 0 unspecified atom stereocenters. The molecule has 7 heteroatoms. The Morgan fingerprint density at radius 2 is 2.10 bits per heavy atom. The Morgan fingerprint density at radius 1 is 1.29 bits per heavy atom. The summed E-state index contributed by atoms with van der Waals surface area (Å²) in [5.74, 6) is 0. The van der Waals surface area contributed by atoms with E-state index in [9.17, 15) is 13.2 Å². The minimum atomic E-state index is -4.33. The van der Waals surface area contributed by atoms with E-state index in [1.807, 2.05) is 6.92 Å². The van der Waals surface area contributed by atoms with Gasteiger partial charge in [0, 0.05) is 19.2 Å². The highest BCUT2D eigenvalue weighted by atomic mass is 19.4. The van der Waals surface area contributed by atoms with E-state index >= 15 is 0 Å². The van der Waals surface area contributed by atoms with Crippen LogP contribution in [-0.4, -0.2) is 28.2 Å². The first kappa shape index (κ1) is 15.5. The molecule has 114 valence electrons. The second-order valence-corrected chi connectivity index (χ2v) is 4.55. The van der Waals surface area contributed by atoms with Gasteiger partial charge in [0.1, 0.15) is 0 Å². The molecule has 0 bridgehead atoms. The zero-order chi connectivity index (χ0) is 15.3. The standard InChI is InChI=1S/C14H16F3N3O/c1-2-21-7-6-13-10-20(19-18-13)9-11-4-3-5-12(8-11)14(15,16)17/h3-5,8,10H,2,6-7,9H2,1H3. The van der Waals surface area contributed by atoms with Crippen LogP contribution in [0.5, 0.6) is 0 Å². The van der Waals surface area contributed by atoms with Crippen LogP contribution in [0.25, 0.3) is 0 Å². The van der Waals surface area contributed by atoms with Crippen molar-refractivity contribution in [3.8, 4) is 0 Å². The lowest BCUT2D eigenvalue weighted by atomic mass is 10.1. The van der Waals surface area contributed by atoms with E-state index in [1.54, 1.807) is 12.3 Å². The Labute approximate surface area is 120 Å². The average Bonchev–Trinajstić information content (AvgIpc) is 2.86. The normalized spacial score (nSPS) is 11.8. The first-order valence-corrected chi connectivity index (χ1v) is 6.62. The second kappa shape index (κ2) is 6.71. The summed E-state index contributed by atoms with van der Waals surface area (Å²) in [6, 6.07) is 5.21. The molecule has 21 heavy (non-hydrogen) atoms. The number of hydrogen-bond acceptors (Lipinski definition) is 3. The van der Waals surface area contributed by atoms with E-state index in [0.717, 1.165) is 17.8 Å². The summed E-state index contributed by atoms with van der Waals surface area (Å²) in [6.07, 6.45) is -1.98. The number of benzene rings is 1. The van der Waals surface area contributed by atoms with Crippen molar-refractivity contribution in [1.29, 1.82) is 0 Å². The monoisotopic (exact) mass is 299 g/mol. The van der Waals surface area contributed by atoms with Gasteiger partial charge in [0.15, 0.2) is 0 Å². The predicted octanol–water partition coefficient (Wildman–Crippen LogP) is 2.92. The highest BCUT2D eigenvalue weighted by Crippen LogP contribution is 2.29. The predicted molar refractivity (Wildman–Crippen MR) is 70.8 cm³/mol. The summed E-state index contributed by atoms with van der Waals surface area (Å²) in [4.78, 5) is 0. The number of hydrogen-bond donors (Lipinski definition) is 0. The molecule has 1 aromatic heterocycles. The zero-order valence-electron chi connectivity index (χ0n) is 11.6. The van der Waals surface area contributed by atoms with Gasteiger partial charge in [-0.05, 0) is 24.6 Å². The van der Waals surface area contributed by atoms with E-state index in [-0.39, 0.29) is 6.54 Å². The van der Waals surface area contributed by atoms with Crippen LogP contribution in [0.15, 0.2) is 30.5 Å². The first-order chi connectivity index (χ1) is 9.99. The fourth-order valence-electron chi connectivity index (χ4n) is 1.88. The molecule has 0 spiro atoms. The average molecular weight is 299 g/mol. The topological polar surface area (TPSA) is 39.9 Å². The molecule has 1 heterocycles. The largest absolute Gasteiger partial charge is 0.416 e. The number of ether oxygens (including phenoxy) is 1. The maximum absolute atomic E-state index is 12.6. The molecule has 1 aromatic carbocycles. The van der Waals surface area contributed by atoms with Crippen molar-refractivity contribution in [3.05, 3.63) is 47.3 Å². The van der Waals surface area contributed by atoms with E-state index in [4.69, 9.17) is 4.74 Å². The van der Waals surface area contributed by atoms with Gasteiger partial charge in [-0.1, -0.05) is 17.3 Å². The van der Waals surface area contributed by atoms with Crippen LogP contribution in [-0.2, 0) is 23.9 Å². The van der Waals surface area contributed by atoms with Crippen molar-refractivity contribution in [2.24, 2.45) is 0 Å². The van der Waals surface area contributed by atoms with Gasteiger partial charge in [-0.15, -0.1) is 5.10 Å². The first-order valence-electron chi connectivity index (χ1n) is 6.62. The highest BCUT2D eigenvalue weighted by molar-refractivity contribution is 5.25. The molecule has 2 aromatic rings. The third-order valence-corrected chi connectivity index (χ3v) is 2.89. The fraction of sp³-hybridized carbons (Fsp3) is 0.429.